The van der Waals surface area contributed by atoms with E-state index in [0.717, 1.165) is 48.8 Å². The second kappa shape index (κ2) is 10.2. The first-order valence-corrected chi connectivity index (χ1v) is 12.0. The van der Waals surface area contributed by atoms with E-state index in [2.05, 4.69) is 15.6 Å². The van der Waals surface area contributed by atoms with Gasteiger partial charge in [0.1, 0.15) is 0 Å². The standard InChI is InChI=1S/C27H32N4O3/c1-17-9-7-13-21(15-17)29-27(34)30-25-26(33)31(16-23(32)20-11-5-4-6-12-20)24-18(2)10-8-14-22(24)19(3)28-25/h7-10,13-15,20,25H,4-6,11-12,16H2,1-3H3,(H2,29,30,34)/t25-/m0/s1. The Hall–Kier alpha value is -3.48. The molecule has 7 heteroatoms. The Morgan fingerprint density at radius 1 is 1.03 bits per heavy atom. The zero-order valence-corrected chi connectivity index (χ0v) is 20.1. The number of rotatable bonds is 5. The second-order valence-electron chi connectivity index (χ2n) is 9.28. The molecule has 0 aromatic heterocycles. The maximum atomic E-state index is 13.7. The molecule has 1 fully saturated rings. The van der Waals surface area contributed by atoms with Gasteiger partial charge in [-0.05, 0) is 56.9 Å². The van der Waals surface area contributed by atoms with Crippen molar-refractivity contribution in [3.63, 3.8) is 0 Å². The number of aliphatic imine (C=N–C) groups is 1. The van der Waals surface area contributed by atoms with Crippen molar-refractivity contribution in [1.82, 2.24) is 5.32 Å². The van der Waals surface area contributed by atoms with Gasteiger partial charge in [0.2, 0.25) is 6.17 Å². The van der Waals surface area contributed by atoms with Crippen LogP contribution in [0.15, 0.2) is 47.5 Å². The van der Waals surface area contributed by atoms with Crippen LogP contribution < -0.4 is 15.5 Å². The largest absolute Gasteiger partial charge is 0.321 e. The third kappa shape index (κ3) is 5.19. The average molecular weight is 461 g/mol. The minimum absolute atomic E-state index is 0.0121. The number of para-hydroxylation sites is 1. The second-order valence-corrected chi connectivity index (χ2v) is 9.28. The Balaban J connectivity index is 1.60. The predicted molar refractivity (Wildman–Crippen MR) is 134 cm³/mol. The fourth-order valence-electron chi connectivity index (χ4n) is 4.86. The number of benzodiazepines with no additional fused rings is 1. The summed E-state index contributed by atoms with van der Waals surface area (Å²) in [5.41, 5.74) is 4.66. The van der Waals surface area contributed by atoms with Crippen molar-refractivity contribution < 1.29 is 14.4 Å². The van der Waals surface area contributed by atoms with Crippen LogP contribution in [0.3, 0.4) is 0 Å². The van der Waals surface area contributed by atoms with Crippen molar-refractivity contribution in [1.29, 1.82) is 0 Å². The molecule has 0 bridgehead atoms. The lowest BCUT2D eigenvalue weighted by Gasteiger charge is -2.29. The highest BCUT2D eigenvalue weighted by Gasteiger charge is 2.35. The number of aryl methyl sites for hydroxylation is 2. The summed E-state index contributed by atoms with van der Waals surface area (Å²) in [7, 11) is 0. The molecule has 0 unspecified atom stereocenters. The molecule has 178 valence electrons. The first kappa shape index (κ1) is 23.7. The lowest BCUT2D eigenvalue weighted by atomic mass is 9.86. The van der Waals surface area contributed by atoms with E-state index in [1.165, 1.54) is 4.90 Å². The van der Waals surface area contributed by atoms with Gasteiger partial charge < -0.3 is 15.5 Å². The number of amides is 3. The van der Waals surface area contributed by atoms with Gasteiger partial charge in [-0.2, -0.15) is 0 Å². The topological polar surface area (TPSA) is 90.9 Å². The number of fused-ring (bicyclic) bond motifs is 1. The summed E-state index contributed by atoms with van der Waals surface area (Å²) in [6.07, 6.45) is 3.87. The number of carbonyl (C=O) groups excluding carboxylic acids is 3. The lowest BCUT2D eigenvalue weighted by molar-refractivity contribution is -0.126. The molecule has 34 heavy (non-hydrogen) atoms. The van der Waals surface area contributed by atoms with Gasteiger partial charge in [-0.15, -0.1) is 0 Å². The molecule has 1 heterocycles. The number of hydrogen-bond acceptors (Lipinski definition) is 4. The highest BCUT2D eigenvalue weighted by atomic mass is 16.2. The third-order valence-corrected chi connectivity index (χ3v) is 6.64. The first-order chi connectivity index (χ1) is 16.3. The van der Waals surface area contributed by atoms with E-state index >= 15 is 0 Å². The van der Waals surface area contributed by atoms with Gasteiger partial charge in [-0.3, -0.25) is 14.6 Å². The van der Waals surface area contributed by atoms with Crippen LogP contribution in [-0.4, -0.2) is 36.1 Å². The van der Waals surface area contributed by atoms with Gasteiger partial charge >= 0.3 is 6.03 Å². The van der Waals surface area contributed by atoms with Crippen LogP contribution in [0.4, 0.5) is 16.2 Å². The van der Waals surface area contributed by atoms with E-state index in [9.17, 15) is 14.4 Å². The van der Waals surface area contributed by atoms with Crippen molar-refractivity contribution in [3.8, 4) is 0 Å². The molecule has 7 nitrogen and oxygen atoms in total. The van der Waals surface area contributed by atoms with Crippen LogP contribution in [0.2, 0.25) is 0 Å². The smallest absolute Gasteiger partial charge is 0.308 e. The molecule has 0 saturated heterocycles. The quantitative estimate of drug-likeness (QED) is 0.674. The fraction of sp³-hybridized carbons (Fsp3) is 0.407. The normalized spacial score (nSPS) is 18.6. The summed E-state index contributed by atoms with van der Waals surface area (Å²) in [5, 5.41) is 5.47. The third-order valence-electron chi connectivity index (χ3n) is 6.64. The number of urea groups is 1. The molecule has 0 spiro atoms. The Bertz CT molecular complexity index is 1130. The monoisotopic (exact) mass is 460 g/mol. The first-order valence-electron chi connectivity index (χ1n) is 12.0. The molecule has 1 saturated carbocycles. The Labute approximate surface area is 200 Å². The van der Waals surface area contributed by atoms with Crippen molar-refractivity contribution in [3.05, 3.63) is 59.2 Å². The predicted octanol–water partition coefficient (Wildman–Crippen LogP) is 4.76. The van der Waals surface area contributed by atoms with Crippen molar-refractivity contribution >= 4 is 34.8 Å². The molecule has 1 aliphatic heterocycles. The number of hydrogen-bond donors (Lipinski definition) is 2. The van der Waals surface area contributed by atoms with Crippen LogP contribution in [0.25, 0.3) is 0 Å². The van der Waals surface area contributed by atoms with E-state index in [4.69, 9.17) is 0 Å². The average Bonchev–Trinajstić information content (AvgIpc) is 2.91. The van der Waals surface area contributed by atoms with E-state index < -0.39 is 18.1 Å². The van der Waals surface area contributed by atoms with Crippen LogP contribution >= 0.6 is 0 Å². The Morgan fingerprint density at radius 2 is 1.76 bits per heavy atom. The number of nitrogens with one attached hydrogen (secondary N) is 2. The molecule has 1 aliphatic carbocycles. The fourth-order valence-corrected chi connectivity index (χ4v) is 4.86. The van der Waals surface area contributed by atoms with Gasteiger partial charge in [0.15, 0.2) is 5.78 Å². The molecule has 2 aromatic rings. The number of Topliss-reactive ketones (excluding diaryl/α,β-unsaturated/α-hetero) is 1. The zero-order valence-electron chi connectivity index (χ0n) is 20.1. The minimum atomic E-state index is -1.13. The molecular formula is C27H32N4O3. The van der Waals surface area contributed by atoms with Crippen molar-refractivity contribution in [2.24, 2.45) is 10.9 Å². The van der Waals surface area contributed by atoms with E-state index in [1.54, 1.807) is 6.07 Å². The Morgan fingerprint density at radius 3 is 2.50 bits per heavy atom. The number of carbonyl (C=O) groups is 3. The van der Waals surface area contributed by atoms with Gasteiger partial charge in [-0.25, -0.2) is 4.79 Å². The van der Waals surface area contributed by atoms with Crippen LogP contribution in [0, 0.1) is 19.8 Å². The highest BCUT2D eigenvalue weighted by molar-refractivity contribution is 6.14. The number of anilines is 2. The summed E-state index contributed by atoms with van der Waals surface area (Å²) in [5.74, 6) is -0.351. The molecule has 3 amide bonds. The van der Waals surface area contributed by atoms with E-state index in [1.807, 2.05) is 57.2 Å². The van der Waals surface area contributed by atoms with Crippen LogP contribution in [-0.2, 0) is 9.59 Å². The number of nitrogens with zero attached hydrogens (tertiary/aromatic N) is 2. The minimum Gasteiger partial charge on any atom is -0.308 e. The maximum Gasteiger partial charge on any atom is 0.321 e. The maximum absolute atomic E-state index is 13.7. The highest BCUT2D eigenvalue weighted by Crippen LogP contribution is 2.31. The molecule has 0 radical (unpaired) electrons. The van der Waals surface area contributed by atoms with Crippen molar-refractivity contribution in [2.75, 3.05) is 16.8 Å². The zero-order chi connectivity index (χ0) is 24.2. The summed E-state index contributed by atoms with van der Waals surface area (Å²) >= 11 is 0. The van der Waals surface area contributed by atoms with E-state index in [-0.39, 0.29) is 18.2 Å². The molecule has 2 N–H and O–H groups in total. The molecule has 2 aliphatic rings. The van der Waals surface area contributed by atoms with Gasteiger partial charge in [0.25, 0.3) is 5.91 Å². The lowest BCUT2D eigenvalue weighted by Crippen LogP contribution is -2.50. The van der Waals surface area contributed by atoms with E-state index in [0.29, 0.717) is 17.1 Å². The SMILES string of the molecule is CC1=N[C@@H](NC(=O)Nc2cccc(C)c2)C(=O)N(CC(=O)C2CCCCC2)c2c(C)cccc21. The van der Waals surface area contributed by atoms with Crippen molar-refractivity contribution in [2.45, 2.75) is 59.0 Å². The number of benzene rings is 2. The molecule has 2 aromatic carbocycles. The summed E-state index contributed by atoms with van der Waals surface area (Å²) in [6.45, 7) is 5.68. The summed E-state index contributed by atoms with van der Waals surface area (Å²) in [4.78, 5) is 45.7. The summed E-state index contributed by atoms with van der Waals surface area (Å²) < 4.78 is 0. The summed E-state index contributed by atoms with van der Waals surface area (Å²) in [6, 6.07) is 12.6. The Kier molecular flexibility index (Phi) is 7.10. The van der Waals surface area contributed by atoms with Gasteiger partial charge in [0, 0.05) is 22.9 Å². The molecular weight excluding hydrogens is 428 g/mol. The van der Waals surface area contributed by atoms with Gasteiger partial charge in [0.05, 0.1) is 12.2 Å². The van der Waals surface area contributed by atoms with Crippen LogP contribution in [0.1, 0.15) is 55.7 Å². The molecule has 1 atom stereocenters. The van der Waals surface area contributed by atoms with Crippen LogP contribution in [0.5, 0.6) is 0 Å². The van der Waals surface area contributed by atoms with Gasteiger partial charge in [-0.1, -0.05) is 49.6 Å². The molecule has 4 rings (SSSR count). The number of ketones is 1.